The van der Waals surface area contributed by atoms with Crippen molar-refractivity contribution in [2.24, 2.45) is 4.99 Å². The summed E-state index contributed by atoms with van der Waals surface area (Å²) in [4.78, 5) is 6.59. The van der Waals surface area contributed by atoms with Crippen LogP contribution < -0.4 is 4.90 Å². The first-order valence-corrected chi connectivity index (χ1v) is 10.1. The molecule has 21 heavy (non-hydrogen) atoms. The molecule has 0 unspecified atom stereocenters. The summed E-state index contributed by atoms with van der Waals surface area (Å²) in [6.45, 7) is 2.05. The van der Waals surface area contributed by atoms with Crippen molar-refractivity contribution in [2.45, 2.75) is 19.0 Å². The quantitative estimate of drug-likeness (QED) is 0.808. The van der Waals surface area contributed by atoms with Crippen molar-refractivity contribution in [1.29, 1.82) is 0 Å². The van der Waals surface area contributed by atoms with Gasteiger partial charge < -0.3 is 4.90 Å². The van der Waals surface area contributed by atoms with E-state index in [1.807, 2.05) is 17.9 Å². The molecule has 2 aliphatic heterocycles. The third-order valence-corrected chi connectivity index (χ3v) is 6.85. The maximum atomic E-state index is 11.9. The molecule has 0 aliphatic carbocycles. The average Bonchev–Trinajstić information content (AvgIpc) is 2.85. The molecule has 0 bridgehead atoms. The van der Waals surface area contributed by atoms with Gasteiger partial charge in [0, 0.05) is 5.69 Å². The zero-order valence-corrected chi connectivity index (χ0v) is 14.4. The molecule has 2 aliphatic rings. The van der Waals surface area contributed by atoms with Gasteiger partial charge in [-0.3, -0.25) is 4.99 Å². The third kappa shape index (κ3) is 2.91. The monoisotopic (exact) mass is 364 g/mol. The van der Waals surface area contributed by atoms with Crippen molar-refractivity contribution in [3.05, 3.63) is 28.2 Å². The summed E-state index contributed by atoms with van der Waals surface area (Å²) in [6.07, 6.45) is 0. The number of amidine groups is 1. The molecular formula is C13H14Cl2N2O2S2. The van der Waals surface area contributed by atoms with Crippen LogP contribution in [0.2, 0.25) is 10.0 Å². The lowest BCUT2D eigenvalue weighted by Crippen LogP contribution is -2.39. The number of thioether (sulfide) groups is 1. The molecule has 2 atom stereocenters. The summed E-state index contributed by atoms with van der Waals surface area (Å²) in [7, 11) is -3.02. The number of sulfone groups is 1. The number of benzene rings is 1. The number of halogens is 2. The summed E-state index contributed by atoms with van der Waals surface area (Å²) in [6, 6.07) is 5.03. The molecule has 0 radical (unpaired) electrons. The Morgan fingerprint density at radius 3 is 2.76 bits per heavy atom. The first kappa shape index (κ1) is 15.5. The molecular weight excluding hydrogens is 351 g/mol. The predicted molar refractivity (Wildman–Crippen MR) is 90.7 cm³/mol. The van der Waals surface area contributed by atoms with Crippen LogP contribution in [0.5, 0.6) is 0 Å². The Hall–Kier alpha value is -0.430. The lowest BCUT2D eigenvalue weighted by Gasteiger charge is -2.26. The smallest absolute Gasteiger partial charge is 0.164 e. The molecule has 1 fully saturated rings. The van der Waals surface area contributed by atoms with E-state index in [9.17, 15) is 8.42 Å². The van der Waals surface area contributed by atoms with Gasteiger partial charge in [-0.2, -0.15) is 0 Å². The van der Waals surface area contributed by atoms with Gasteiger partial charge in [0.15, 0.2) is 15.0 Å². The second-order valence-corrected chi connectivity index (χ2v) is 9.22. The van der Waals surface area contributed by atoms with Crippen LogP contribution >= 0.6 is 35.0 Å². The zero-order chi connectivity index (χ0) is 15.2. The van der Waals surface area contributed by atoms with Gasteiger partial charge in [-0.25, -0.2) is 8.42 Å². The molecule has 1 aromatic carbocycles. The van der Waals surface area contributed by atoms with Crippen molar-refractivity contribution in [3.8, 4) is 0 Å². The fourth-order valence-corrected chi connectivity index (χ4v) is 5.68. The average molecular weight is 365 g/mol. The summed E-state index contributed by atoms with van der Waals surface area (Å²) in [5.41, 5.74) is 0.841. The third-order valence-electron chi connectivity index (χ3n) is 3.56. The molecule has 3 rings (SSSR count). The van der Waals surface area contributed by atoms with Crippen LogP contribution in [0.25, 0.3) is 0 Å². The minimum atomic E-state index is -3.02. The number of hydrogen-bond acceptors (Lipinski definition) is 5. The lowest BCUT2D eigenvalue weighted by atomic mass is 10.1. The van der Waals surface area contributed by atoms with E-state index < -0.39 is 9.84 Å². The van der Waals surface area contributed by atoms with Gasteiger partial charge in [-0.15, -0.1) is 0 Å². The Morgan fingerprint density at radius 2 is 2.10 bits per heavy atom. The second-order valence-electron chi connectivity index (χ2n) is 5.02. The van der Waals surface area contributed by atoms with Gasteiger partial charge in [0.25, 0.3) is 0 Å². The molecule has 2 heterocycles. The van der Waals surface area contributed by atoms with E-state index in [1.54, 1.807) is 23.9 Å². The highest BCUT2D eigenvalue weighted by molar-refractivity contribution is 8.14. The van der Waals surface area contributed by atoms with Crippen LogP contribution in [0.15, 0.2) is 23.2 Å². The number of aliphatic imine (C=N–C) groups is 1. The SMILES string of the molecule is CCSC1=N[C@H]2CS(=O)(=O)C[C@@H]2N1c1ccc(Cl)c(Cl)c1. The van der Waals surface area contributed by atoms with Crippen LogP contribution in [-0.2, 0) is 9.84 Å². The van der Waals surface area contributed by atoms with E-state index in [4.69, 9.17) is 23.2 Å². The van der Waals surface area contributed by atoms with Crippen molar-refractivity contribution >= 4 is 55.7 Å². The van der Waals surface area contributed by atoms with E-state index in [0.29, 0.717) is 10.0 Å². The van der Waals surface area contributed by atoms with E-state index in [0.717, 1.165) is 16.6 Å². The summed E-state index contributed by atoms with van der Waals surface area (Å²) < 4.78 is 23.7. The summed E-state index contributed by atoms with van der Waals surface area (Å²) in [5, 5.41) is 1.80. The molecule has 0 N–H and O–H groups in total. The maximum absolute atomic E-state index is 11.9. The van der Waals surface area contributed by atoms with Crippen LogP contribution in [0.1, 0.15) is 6.92 Å². The number of fused-ring (bicyclic) bond motifs is 1. The Morgan fingerprint density at radius 1 is 1.33 bits per heavy atom. The number of anilines is 1. The molecule has 0 saturated carbocycles. The predicted octanol–water partition coefficient (Wildman–Crippen LogP) is 3.09. The van der Waals surface area contributed by atoms with Gasteiger partial charge in [0.05, 0.1) is 33.6 Å². The largest absolute Gasteiger partial charge is 0.315 e. The Balaban J connectivity index is 2.01. The summed E-state index contributed by atoms with van der Waals surface area (Å²) in [5.74, 6) is 1.14. The van der Waals surface area contributed by atoms with Crippen LogP contribution in [-0.4, -0.2) is 42.9 Å². The Bertz CT molecular complexity index is 706. The Kier molecular flexibility index (Phi) is 4.16. The minimum absolute atomic E-state index is 0.128. The molecule has 0 spiro atoms. The lowest BCUT2D eigenvalue weighted by molar-refractivity contribution is 0.601. The maximum Gasteiger partial charge on any atom is 0.164 e. The number of rotatable bonds is 2. The first-order valence-electron chi connectivity index (χ1n) is 6.56. The molecule has 0 aromatic heterocycles. The highest BCUT2D eigenvalue weighted by Gasteiger charge is 2.47. The zero-order valence-electron chi connectivity index (χ0n) is 11.3. The highest BCUT2D eigenvalue weighted by atomic mass is 35.5. The molecule has 0 amide bonds. The first-order chi connectivity index (χ1) is 9.91. The number of nitrogens with zero attached hydrogens (tertiary/aromatic N) is 2. The summed E-state index contributed by atoms with van der Waals surface area (Å²) >= 11 is 13.7. The van der Waals surface area contributed by atoms with Gasteiger partial charge >= 0.3 is 0 Å². The van der Waals surface area contributed by atoms with Crippen LogP contribution in [0.4, 0.5) is 5.69 Å². The van der Waals surface area contributed by atoms with E-state index >= 15 is 0 Å². The second kappa shape index (κ2) is 5.65. The van der Waals surface area contributed by atoms with Crippen molar-refractivity contribution in [2.75, 3.05) is 22.2 Å². The van der Waals surface area contributed by atoms with Crippen molar-refractivity contribution in [3.63, 3.8) is 0 Å². The molecule has 114 valence electrons. The van der Waals surface area contributed by atoms with Gasteiger partial charge in [-0.05, 0) is 24.0 Å². The van der Waals surface area contributed by atoms with Crippen LogP contribution in [0, 0.1) is 0 Å². The van der Waals surface area contributed by atoms with Crippen LogP contribution in [0.3, 0.4) is 0 Å². The Labute approximate surface area is 138 Å². The van der Waals surface area contributed by atoms with Crippen molar-refractivity contribution in [1.82, 2.24) is 0 Å². The molecule has 4 nitrogen and oxygen atoms in total. The number of hydrogen-bond donors (Lipinski definition) is 0. The standard InChI is InChI=1S/C13H14Cl2N2O2S2/c1-2-20-13-16-11-6-21(18,19)7-12(11)17(13)8-3-4-9(14)10(15)5-8/h3-5,11-12H,2,6-7H2,1H3/t11-,12-/m0/s1. The van der Waals surface area contributed by atoms with Crippen molar-refractivity contribution < 1.29 is 8.42 Å². The van der Waals surface area contributed by atoms with Gasteiger partial charge in [0.2, 0.25) is 0 Å². The normalized spacial score (nSPS) is 26.8. The minimum Gasteiger partial charge on any atom is -0.315 e. The topological polar surface area (TPSA) is 49.7 Å². The van der Waals surface area contributed by atoms with Gasteiger partial charge in [0.1, 0.15) is 0 Å². The molecule has 8 heteroatoms. The van der Waals surface area contributed by atoms with E-state index in [-0.39, 0.29) is 23.6 Å². The molecule has 1 aromatic rings. The van der Waals surface area contributed by atoms with Gasteiger partial charge in [-0.1, -0.05) is 41.9 Å². The molecule has 1 saturated heterocycles. The fraction of sp³-hybridized carbons (Fsp3) is 0.462. The van der Waals surface area contributed by atoms with E-state index in [2.05, 4.69) is 4.99 Å². The highest BCUT2D eigenvalue weighted by Crippen LogP contribution is 2.37. The fourth-order valence-electron chi connectivity index (χ4n) is 2.70. The van der Waals surface area contributed by atoms with E-state index in [1.165, 1.54) is 0 Å².